The zero-order valence-corrected chi connectivity index (χ0v) is 11.9. The molecule has 0 aliphatic rings. The summed E-state index contributed by atoms with van der Waals surface area (Å²) in [5, 5.41) is 9.25. The Morgan fingerprint density at radius 2 is 2.00 bits per heavy atom. The van der Waals surface area contributed by atoms with Crippen molar-refractivity contribution in [2.24, 2.45) is 5.92 Å². The summed E-state index contributed by atoms with van der Waals surface area (Å²) in [6.45, 7) is 8.15. The number of nitriles is 1. The van der Waals surface area contributed by atoms with Crippen molar-refractivity contribution in [3.63, 3.8) is 0 Å². The first-order chi connectivity index (χ1) is 9.02. The highest BCUT2D eigenvalue weighted by molar-refractivity contribution is 5.62. The molecule has 2 aromatic rings. The van der Waals surface area contributed by atoms with Crippen LogP contribution in [0.5, 0.6) is 0 Å². The van der Waals surface area contributed by atoms with E-state index in [1.165, 1.54) is 5.56 Å². The van der Waals surface area contributed by atoms with Crippen LogP contribution >= 0.6 is 0 Å². The van der Waals surface area contributed by atoms with Crippen LogP contribution in [0.15, 0.2) is 24.3 Å². The van der Waals surface area contributed by atoms with Gasteiger partial charge in [0.25, 0.3) is 0 Å². The number of H-pyrrole nitrogens is 1. The average molecular weight is 253 g/mol. The van der Waals surface area contributed by atoms with Crippen molar-refractivity contribution in [1.29, 1.82) is 5.26 Å². The largest absolute Gasteiger partial charge is 0.344 e. The maximum Gasteiger partial charge on any atom is 0.124 e. The lowest BCUT2D eigenvalue weighted by molar-refractivity contribution is 0.565. The van der Waals surface area contributed by atoms with Gasteiger partial charge in [0, 0.05) is 11.3 Å². The zero-order valence-electron chi connectivity index (χ0n) is 11.9. The minimum absolute atomic E-state index is 0.183. The van der Waals surface area contributed by atoms with Gasteiger partial charge in [-0.3, -0.25) is 0 Å². The third kappa shape index (κ3) is 2.68. The van der Waals surface area contributed by atoms with Crippen LogP contribution in [0.1, 0.15) is 36.8 Å². The molecule has 1 N–H and O–H groups in total. The van der Waals surface area contributed by atoms with Gasteiger partial charge in [-0.15, -0.1) is 0 Å². The van der Waals surface area contributed by atoms with Crippen molar-refractivity contribution in [2.75, 3.05) is 0 Å². The molecule has 0 bridgehead atoms. The number of imidazole rings is 1. The third-order valence-corrected chi connectivity index (χ3v) is 3.29. The Morgan fingerprint density at radius 3 is 2.58 bits per heavy atom. The molecule has 0 fully saturated rings. The summed E-state index contributed by atoms with van der Waals surface area (Å²) in [4.78, 5) is 7.90. The van der Waals surface area contributed by atoms with E-state index in [1.54, 1.807) is 0 Å². The predicted molar refractivity (Wildman–Crippen MR) is 76.7 cm³/mol. The Morgan fingerprint density at radius 1 is 1.26 bits per heavy atom. The first-order valence-corrected chi connectivity index (χ1v) is 6.56. The molecule has 19 heavy (non-hydrogen) atoms. The van der Waals surface area contributed by atoms with Gasteiger partial charge >= 0.3 is 0 Å². The van der Waals surface area contributed by atoms with Crippen molar-refractivity contribution in [3.8, 4) is 17.3 Å². The quantitative estimate of drug-likeness (QED) is 0.900. The van der Waals surface area contributed by atoms with Crippen molar-refractivity contribution < 1.29 is 0 Å². The van der Waals surface area contributed by atoms with Crippen molar-refractivity contribution in [1.82, 2.24) is 9.97 Å². The Bertz CT molecular complexity index is 617. The maximum atomic E-state index is 9.25. The van der Waals surface area contributed by atoms with Gasteiger partial charge in [0.15, 0.2) is 0 Å². The average Bonchev–Trinajstić information content (AvgIpc) is 2.71. The van der Waals surface area contributed by atoms with Crippen LogP contribution in [-0.2, 0) is 0 Å². The summed E-state index contributed by atoms with van der Waals surface area (Å²) in [7, 11) is 0. The fraction of sp³-hybridized carbons (Fsp3) is 0.375. The van der Waals surface area contributed by atoms with Gasteiger partial charge < -0.3 is 4.98 Å². The SMILES string of the molecule is Cc1cccc(-c2nc(C(C#N)C(C)C)[nH]c2C)c1. The fourth-order valence-electron chi connectivity index (χ4n) is 2.23. The molecule has 3 nitrogen and oxygen atoms in total. The molecule has 0 saturated carbocycles. The Kier molecular flexibility index (Phi) is 3.71. The van der Waals surface area contributed by atoms with Gasteiger partial charge in [0.05, 0.1) is 11.8 Å². The molecule has 3 heteroatoms. The van der Waals surface area contributed by atoms with Crippen LogP contribution in [0, 0.1) is 31.1 Å². The Balaban J connectivity index is 2.45. The van der Waals surface area contributed by atoms with E-state index in [-0.39, 0.29) is 11.8 Å². The molecular weight excluding hydrogens is 234 g/mol. The molecule has 0 radical (unpaired) electrons. The van der Waals surface area contributed by atoms with Crippen molar-refractivity contribution >= 4 is 0 Å². The van der Waals surface area contributed by atoms with Crippen molar-refractivity contribution in [3.05, 3.63) is 41.3 Å². The minimum atomic E-state index is -0.183. The monoisotopic (exact) mass is 253 g/mol. The molecule has 0 spiro atoms. The number of benzene rings is 1. The molecule has 1 heterocycles. The summed E-state index contributed by atoms with van der Waals surface area (Å²) in [6.07, 6.45) is 0. The molecule has 1 aromatic carbocycles. The zero-order chi connectivity index (χ0) is 14.0. The standard InChI is InChI=1S/C16H19N3/c1-10(2)14(9-17)16-18-12(4)15(19-16)13-7-5-6-11(3)8-13/h5-8,10,14H,1-4H3,(H,18,19). The molecule has 1 aromatic heterocycles. The lowest BCUT2D eigenvalue weighted by atomic mass is 9.97. The second-order valence-corrected chi connectivity index (χ2v) is 5.32. The van der Waals surface area contributed by atoms with E-state index in [9.17, 15) is 5.26 Å². The number of nitrogens with zero attached hydrogens (tertiary/aromatic N) is 2. The second kappa shape index (κ2) is 5.27. The molecule has 0 aliphatic heterocycles. The first kappa shape index (κ1) is 13.4. The van der Waals surface area contributed by atoms with Crippen LogP contribution < -0.4 is 0 Å². The van der Waals surface area contributed by atoms with E-state index in [4.69, 9.17) is 0 Å². The lowest BCUT2D eigenvalue weighted by Crippen LogP contribution is -2.06. The normalized spacial score (nSPS) is 12.4. The first-order valence-electron chi connectivity index (χ1n) is 6.56. The highest BCUT2D eigenvalue weighted by Crippen LogP contribution is 2.27. The molecule has 0 saturated heterocycles. The van der Waals surface area contributed by atoms with E-state index in [0.717, 1.165) is 22.8 Å². The number of hydrogen-bond acceptors (Lipinski definition) is 2. The van der Waals surface area contributed by atoms with E-state index < -0.39 is 0 Å². The predicted octanol–water partition coefficient (Wildman–Crippen LogP) is 3.96. The molecule has 1 atom stereocenters. The van der Waals surface area contributed by atoms with Gasteiger partial charge in [0.2, 0.25) is 0 Å². The van der Waals surface area contributed by atoms with Gasteiger partial charge in [-0.05, 0) is 25.8 Å². The van der Waals surface area contributed by atoms with Gasteiger partial charge in [0.1, 0.15) is 11.7 Å². The molecule has 2 rings (SSSR count). The topological polar surface area (TPSA) is 52.5 Å². The number of rotatable bonds is 3. The molecule has 0 aliphatic carbocycles. The molecule has 0 amide bonds. The smallest absolute Gasteiger partial charge is 0.124 e. The summed E-state index contributed by atoms with van der Waals surface area (Å²) in [5.74, 6) is 0.838. The van der Waals surface area contributed by atoms with Crippen LogP contribution in [0.4, 0.5) is 0 Å². The second-order valence-electron chi connectivity index (χ2n) is 5.32. The van der Waals surface area contributed by atoms with E-state index >= 15 is 0 Å². The molecule has 98 valence electrons. The summed E-state index contributed by atoms with van der Waals surface area (Å²) in [5.41, 5.74) is 4.27. The van der Waals surface area contributed by atoms with E-state index in [0.29, 0.717) is 0 Å². The maximum absolute atomic E-state index is 9.25. The van der Waals surface area contributed by atoms with Crippen LogP contribution in [0.2, 0.25) is 0 Å². The summed E-state index contributed by atoms with van der Waals surface area (Å²) >= 11 is 0. The Hall–Kier alpha value is -2.08. The number of aryl methyl sites for hydroxylation is 2. The number of hydrogen-bond donors (Lipinski definition) is 1. The highest BCUT2D eigenvalue weighted by Gasteiger charge is 2.20. The Labute approximate surface area is 114 Å². The molecule has 1 unspecified atom stereocenters. The van der Waals surface area contributed by atoms with E-state index in [1.807, 2.05) is 26.8 Å². The number of aromatic nitrogens is 2. The fourth-order valence-corrected chi connectivity index (χ4v) is 2.23. The third-order valence-electron chi connectivity index (χ3n) is 3.29. The number of aromatic amines is 1. The number of nitrogens with one attached hydrogen (secondary N) is 1. The summed E-state index contributed by atoms with van der Waals surface area (Å²) in [6, 6.07) is 10.6. The van der Waals surface area contributed by atoms with Crippen LogP contribution in [-0.4, -0.2) is 9.97 Å². The van der Waals surface area contributed by atoms with E-state index in [2.05, 4.69) is 41.2 Å². The minimum Gasteiger partial charge on any atom is -0.344 e. The molecular formula is C16H19N3. The van der Waals surface area contributed by atoms with Gasteiger partial charge in [-0.2, -0.15) is 5.26 Å². The summed E-state index contributed by atoms with van der Waals surface area (Å²) < 4.78 is 0. The van der Waals surface area contributed by atoms with Crippen molar-refractivity contribution in [2.45, 2.75) is 33.6 Å². The lowest BCUT2D eigenvalue weighted by Gasteiger charge is -2.08. The van der Waals surface area contributed by atoms with Gasteiger partial charge in [-0.25, -0.2) is 4.98 Å². The highest BCUT2D eigenvalue weighted by atomic mass is 14.9. The van der Waals surface area contributed by atoms with Gasteiger partial charge in [-0.1, -0.05) is 37.6 Å². The van der Waals surface area contributed by atoms with Crippen LogP contribution in [0.3, 0.4) is 0 Å². The van der Waals surface area contributed by atoms with Crippen LogP contribution in [0.25, 0.3) is 11.3 Å².